The van der Waals surface area contributed by atoms with Gasteiger partial charge < -0.3 is 10.8 Å². The van der Waals surface area contributed by atoms with Gasteiger partial charge >= 0.3 is 0 Å². The molecule has 0 amide bonds. The van der Waals surface area contributed by atoms with Gasteiger partial charge in [0.25, 0.3) is 0 Å². The number of hydrogen-bond donors (Lipinski definition) is 2. The summed E-state index contributed by atoms with van der Waals surface area (Å²) in [5.74, 6) is -0.296. The van der Waals surface area contributed by atoms with Crippen LogP contribution in [0.2, 0.25) is 0 Å². The molecule has 0 radical (unpaired) electrons. The molecule has 0 bridgehead atoms. The van der Waals surface area contributed by atoms with Crippen molar-refractivity contribution in [1.29, 1.82) is 0 Å². The predicted molar refractivity (Wildman–Crippen MR) is 65.7 cm³/mol. The fourth-order valence-electron chi connectivity index (χ4n) is 1.67. The molecule has 98 valence electrons. The Hall–Kier alpha value is -1.51. The van der Waals surface area contributed by atoms with E-state index in [9.17, 15) is 8.42 Å². The molecule has 0 saturated carbocycles. The minimum Gasteiger partial charge on any atom is -0.395 e. The van der Waals surface area contributed by atoms with E-state index in [0.717, 1.165) is 5.52 Å². The van der Waals surface area contributed by atoms with Gasteiger partial charge in [-0.25, -0.2) is 13.1 Å². The number of nitrogens with zero attached hydrogens (tertiary/aromatic N) is 3. The predicted octanol–water partition coefficient (Wildman–Crippen LogP) is -0.844. The molecular weight excluding hydrogens is 256 g/mol. The Bertz CT molecular complexity index is 650. The van der Waals surface area contributed by atoms with Crippen LogP contribution in [0.5, 0.6) is 0 Å². The van der Waals surface area contributed by atoms with E-state index < -0.39 is 16.4 Å². The van der Waals surface area contributed by atoms with Gasteiger partial charge in [-0.2, -0.15) is 0 Å². The van der Waals surface area contributed by atoms with Crippen LogP contribution in [0.15, 0.2) is 23.1 Å². The molecule has 0 spiro atoms. The number of rotatable bonds is 5. The van der Waals surface area contributed by atoms with Crippen LogP contribution < -0.4 is 5.73 Å². The highest BCUT2D eigenvalue weighted by molar-refractivity contribution is 7.91. The van der Waals surface area contributed by atoms with Crippen LogP contribution in [0.1, 0.15) is 0 Å². The average Bonchev–Trinajstić information content (AvgIpc) is 2.72. The van der Waals surface area contributed by atoms with Gasteiger partial charge in [-0.05, 0) is 18.2 Å². The molecule has 0 aliphatic carbocycles. The van der Waals surface area contributed by atoms with Crippen LogP contribution in [-0.2, 0) is 16.4 Å². The lowest BCUT2D eigenvalue weighted by Crippen LogP contribution is -2.11. The van der Waals surface area contributed by atoms with Crippen molar-refractivity contribution in [3.63, 3.8) is 0 Å². The lowest BCUT2D eigenvalue weighted by atomic mass is 10.3. The van der Waals surface area contributed by atoms with Gasteiger partial charge in [0.2, 0.25) is 0 Å². The molecule has 0 aliphatic heterocycles. The van der Waals surface area contributed by atoms with E-state index in [2.05, 4.69) is 10.3 Å². The zero-order chi connectivity index (χ0) is 13.2. The van der Waals surface area contributed by atoms with Crippen molar-refractivity contribution in [3.05, 3.63) is 18.2 Å². The van der Waals surface area contributed by atoms with Crippen LogP contribution >= 0.6 is 0 Å². The van der Waals surface area contributed by atoms with Crippen LogP contribution in [0, 0.1) is 0 Å². The second-order valence-electron chi connectivity index (χ2n) is 3.79. The third-order valence-corrected chi connectivity index (χ3v) is 4.24. The number of hydrogen-bond acceptors (Lipinski definition) is 6. The highest BCUT2D eigenvalue weighted by Gasteiger charge is 2.15. The molecule has 3 N–H and O–H groups in total. The molecule has 0 fully saturated rings. The smallest absolute Gasteiger partial charge is 0.180 e. The summed E-state index contributed by atoms with van der Waals surface area (Å²) in [7, 11) is -3.46. The van der Waals surface area contributed by atoms with E-state index in [-0.39, 0.29) is 10.6 Å². The van der Waals surface area contributed by atoms with Gasteiger partial charge in [0.05, 0.1) is 29.3 Å². The fraction of sp³-hybridized carbons (Fsp3) is 0.400. The standard InChI is InChI=1S/C10H14N4O3S/c11-3-4-14-10-2-1-8(7-9(10)12-13-14)18(16,17)6-5-15/h1-2,7,15H,3-6,11H2. The maximum Gasteiger partial charge on any atom is 0.180 e. The van der Waals surface area contributed by atoms with Crippen LogP contribution in [0.4, 0.5) is 0 Å². The van der Waals surface area contributed by atoms with E-state index in [4.69, 9.17) is 10.8 Å². The minimum atomic E-state index is -3.46. The maximum absolute atomic E-state index is 11.8. The number of aliphatic hydroxyl groups is 1. The molecule has 1 aromatic carbocycles. The number of fused-ring (bicyclic) bond motifs is 1. The lowest BCUT2D eigenvalue weighted by molar-refractivity contribution is 0.319. The number of aromatic nitrogens is 3. The zero-order valence-corrected chi connectivity index (χ0v) is 10.5. The van der Waals surface area contributed by atoms with Crippen molar-refractivity contribution < 1.29 is 13.5 Å². The summed E-state index contributed by atoms with van der Waals surface area (Å²) in [6.07, 6.45) is 0. The number of sulfone groups is 1. The Balaban J connectivity index is 2.46. The molecule has 0 unspecified atom stereocenters. The molecule has 2 aromatic rings. The second kappa shape index (κ2) is 5.01. The van der Waals surface area contributed by atoms with E-state index >= 15 is 0 Å². The first-order valence-electron chi connectivity index (χ1n) is 5.45. The van der Waals surface area contributed by atoms with Gasteiger partial charge in [-0.3, -0.25) is 0 Å². The summed E-state index contributed by atoms with van der Waals surface area (Å²) in [4.78, 5) is 0.142. The Morgan fingerprint density at radius 3 is 2.83 bits per heavy atom. The van der Waals surface area contributed by atoms with Crippen molar-refractivity contribution in [2.24, 2.45) is 5.73 Å². The summed E-state index contributed by atoms with van der Waals surface area (Å²) >= 11 is 0. The molecule has 2 rings (SSSR count). The molecule has 1 heterocycles. The van der Waals surface area contributed by atoms with E-state index in [0.29, 0.717) is 18.6 Å². The quantitative estimate of drug-likeness (QED) is 0.732. The molecule has 0 atom stereocenters. The van der Waals surface area contributed by atoms with Gasteiger partial charge in [0.1, 0.15) is 5.52 Å². The third kappa shape index (κ3) is 2.35. The highest BCUT2D eigenvalue weighted by Crippen LogP contribution is 2.18. The van der Waals surface area contributed by atoms with E-state index in [1.807, 2.05) is 0 Å². The first-order chi connectivity index (χ1) is 8.58. The Morgan fingerprint density at radius 2 is 2.17 bits per heavy atom. The molecule has 0 aliphatic rings. The largest absolute Gasteiger partial charge is 0.395 e. The van der Waals surface area contributed by atoms with Crippen molar-refractivity contribution in [2.45, 2.75) is 11.4 Å². The van der Waals surface area contributed by atoms with Gasteiger partial charge in [0, 0.05) is 6.54 Å². The maximum atomic E-state index is 11.8. The van der Waals surface area contributed by atoms with Gasteiger partial charge in [0.15, 0.2) is 9.84 Å². The fourth-order valence-corrected chi connectivity index (χ4v) is 2.71. The Morgan fingerprint density at radius 1 is 1.39 bits per heavy atom. The van der Waals surface area contributed by atoms with Crippen molar-refractivity contribution in [1.82, 2.24) is 15.0 Å². The van der Waals surface area contributed by atoms with Gasteiger partial charge in [-0.1, -0.05) is 5.21 Å². The number of benzene rings is 1. The first kappa shape index (κ1) is 12.9. The summed E-state index contributed by atoms with van der Waals surface area (Å²) in [5.41, 5.74) is 6.68. The minimum absolute atomic E-state index is 0.142. The highest BCUT2D eigenvalue weighted by atomic mass is 32.2. The van der Waals surface area contributed by atoms with Gasteiger partial charge in [-0.15, -0.1) is 5.10 Å². The summed E-state index contributed by atoms with van der Waals surface area (Å²) < 4.78 is 25.2. The topological polar surface area (TPSA) is 111 Å². The number of nitrogens with two attached hydrogens (primary N) is 1. The van der Waals surface area contributed by atoms with E-state index in [1.54, 1.807) is 10.7 Å². The van der Waals surface area contributed by atoms with Crippen LogP contribution in [-0.4, -0.2) is 47.4 Å². The molecule has 8 heteroatoms. The van der Waals surface area contributed by atoms with Crippen molar-refractivity contribution >= 4 is 20.9 Å². The Kier molecular flexibility index (Phi) is 3.60. The Labute approximate surface area is 104 Å². The summed E-state index contributed by atoms with van der Waals surface area (Å²) in [6.45, 7) is 0.558. The second-order valence-corrected chi connectivity index (χ2v) is 5.90. The van der Waals surface area contributed by atoms with Crippen molar-refractivity contribution in [2.75, 3.05) is 18.9 Å². The normalized spacial score (nSPS) is 12.1. The molecule has 7 nitrogen and oxygen atoms in total. The van der Waals surface area contributed by atoms with Crippen LogP contribution in [0.25, 0.3) is 11.0 Å². The lowest BCUT2D eigenvalue weighted by Gasteiger charge is -2.03. The molecular formula is C10H14N4O3S. The first-order valence-corrected chi connectivity index (χ1v) is 7.10. The molecule has 1 aromatic heterocycles. The van der Waals surface area contributed by atoms with Crippen molar-refractivity contribution in [3.8, 4) is 0 Å². The molecule has 18 heavy (non-hydrogen) atoms. The zero-order valence-electron chi connectivity index (χ0n) is 9.65. The van der Waals surface area contributed by atoms with Crippen LogP contribution in [0.3, 0.4) is 0 Å². The SMILES string of the molecule is NCCn1nnc2cc(S(=O)(=O)CCO)ccc21. The summed E-state index contributed by atoms with van der Waals surface area (Å²) in [5, 5.41) is 16.5. The van der Waals surface area contributed by atoms with E-state index in [1.165, 1.54) is 12.1 Å². The molecule has 0 saturated heterocycles. The summed E-state index contributed by atoms with van der Waals surface area (Å²) in [6, 6.07) is 4.60. The number of aliphatic hydroxyl groups excluding tert-OH is 1. The monoisotopic (exact) mass is 270 g/mol. The third-order valence-electron chi connectivity index (χ3n) is 2.55. The average molecular weight is 270 g/mol.